The summed E-state index contributed by atoms with van der Waals surface area (Å²) >= 11 is 1.41. The normalized spacial score (nSPS) is 10.8. The number of aryl methyl sites for hydroxylation is 1. The number of carbonyl (C=O) groups excluding carboxylic acids is 1. The molecule has 106 valence electrons. The highest BCUT2D eigenvalue weighted by Crippen LogP contribution is 2.20. The number of hydrogen-bond acceptors (Lipinski definition) is 5. The Kier molecular flexibility index (Phi) is 4.34. The molecular weight excluding hydrogens is 272 g/mol. The third-order valence-electron chi connectivity index (χ3n) is 2.78. The van der Waals surface area contributed by atoms with Gasteiger partial charge in [0.25, 0.3) is 5.91 Å². The molecule has 20 heavy (non-hydrogen) atoms. The molecule has 1 aromatic heterocycles. The number of rotatable bonds is 4. The molecule has 0 unspecified atom stereocenters. The Morgan fingerprint density at radius 3 is 2.85 bits per heavy atom. The fourth-order valence-corrected chi connectivity index (χ4v) is 2.73. The summed E-state index contributed by atoms with van der Waals surface area (Å²) in [4.78, 5) is 12.2. The summed E-state index contributed by atoms with van der Waals surface area (Å²) in [5, 5.41) is 12.3. The van der Waals surface area contributed by atoms with Crippen molar-refractivity contribution in [3.63, 3.8) is 0 Å². The van der Waals surface area contributed by atoms with Crippen molar-refractivity contribution in [2.24, 2.45) is 5.92 Å². The van der Waals surface area contributed by atoms with E-state index >= 15 is 0 Å². The van der Waals surface area contributed by atoms with Crippen molar-refractivity contribution in [2.75, 3.05) is 11.1 Å². The lowest BCUT2D eigenvalue weighted by molar-refractivity contribution is 0.102. The number of hydrogen-bond donors (Lipinski definition) is 2. The first kappa shape index (κ1) is 14.5. The summed E-state index contributed by atoms with van der Waals surface area (Å²) in [6, 6.07) is 5.27. The molecule has 0 aliphatic rings. The Hall–Kier alpha value is -1.95. The van der Waals surface area contributed by atoms with Crippen LogP contribution in [0.25, 0.3) is 0 Å². The topological polar surface area (TPSA) is 80.9 Å². The number of carbonyl (C=O) groups is 1. The van der Waals surface area contributed by atoms with E-state index in [1.54, 1.807) is 12.1 Å². The summed E-state index contributed by atoms with van der Waals surface area (Å²) in [6.45, 7) is 6.12. The summed E-state index contributed by atoms with van der Waals surface area (Å²) < 4.78 is 0. The monoisotopic (exact) mass is 290 g/mol. The van der Waals surface area contributed by atoms with Crippen molar-refractivity contribution >= 4 is 28.1 Å². The Balaban J connectivity index is 2.11. The van der Waals surface area contributed by atoms with Crippen molar-refractivity contribution < 1.29 is 4.79 Å². The number of nitrogens with one attached hydrogen (secondary N) is 1. The van der Waals surface area contributed by atoms with Crippen LogP contribution in [0.1, 0.15) is 34.8 Å². The standard InChI is InChI=1S/C14H18N4OS/c1-8(2)6-12-17-18-14(20-12)16-13(19)11-7-10(15)5-4-9(11)3/h4-5,7-8H,6,15H2,1-3H3,(H,16,18,19). The van der Waals surface area contributed by atoms with Crippen LogP contribution in [0.5, 0.6) is 0 Å². The lowest BCUT2D eigenvalue weighted by Crippen LogP contribution is -2.13. The van der Waals surface area contributed by atoms with Crippen LogP contribution in [0.4, 0.5) is 10.8 Å². The Bertz CT molecular complexity index is 621. The second kappa shape index (κ2) is 6.00. The average molecular weight is 290 g/mol. The third-order valence-corrected chi connectivity index (χ3v) is 3.64. The minimum Gasteiger partial charge on any atom is -0.399 e. The summed E-state index contributed by atoms with van der Waals surface area (Å²) in [5.41, 5.74) is 7.72. The highest BCUT2D eigenvalue weighted by molar-refractivity contribution is 7.15. The first-order chi connectivity index (χ1) is 9.45. The Labute approximate surface area is 122 Å². The van der Waals surface area contributed by atoms with E-state index in [1.807, 2.05) is 13.0 Å². The molecule has 2 rings (SSSR count). The molecule has 0 fully saturated rings. The Morgan fingerprint density at radius 2 is 2.15 bits per heavy atom. The molecule has 1 aromatic carbocycles. The van der Waals surface area contributed by atoms with Crippen LogP contribution in [0.2, 0.25) is 0 Å². The van der Waals surface area contributed by atoms with Gasteiger partial charge >= 0.3 is 0 Å². The zero-order chi connectivity index (χ0) is 14.7. The number of nitrogens with two attached hydrogens (primary N) is 1. The van der Waals surface area contributed by atoms with Gasteiger partial charge in [0.2, 0.25) is 5.13 Å². The second-order valence-corrected chi connectivity index (χ2v) is 6.19. The van der Waals surface area contributed by atoms with Crippen LogP contribution in [-0.2, 0) is 6.42 Å². The lowest BCUT2D eigenvalue weighted by Gasteiger charge is -2.05. The molecule has 0 spiro atoms. The van der Waals surface area contributed by atoms with Crippen LogP contribution >= 0.6 is 11.3 Å². The highest BCUT2D eigenvalue weighted by atomic mass is 32.1. The second-order valence-electron chi connectivity index (χ2n) is 5.13. The molecule has 0 radical (unpaired) electrons. The van der Waals surface area contributed by atoms with Crippen LogP contribution in [-0.4, -0.2) is 16.1 Å². The predicted octanol–water partition coefficient (Wildman–Crippen LogP) is 2.88. The van der Waals surface area contributed by atoms with Gasteiger partial charge in [0.1, 0.15) is 5.01 Å². The molecule has 1 heterocycles. The van der Waals surface area contributed by atoms with Crippen LogP contribution in [0.3, 0.4) is 0 Å². The number of nitrogens with zero attached hydrogens (tertiary/aromatic N) is 2. The summed E-state index contributed by atoms with van der Waals surface area (Å²) in [7, 11) is 0. The van der Waals surface area contributed by atoms with Crippen molar-refractivity contribution in [3.05, 3.63) is 34.3 Å². The molecule has 6 heteroatoms. The maximum absolute atomic E-state index is 12.2. The van der Waals surface area contributed by atoms with Crippen molar-refractivity contribution in [3.8, 4) is 0 Å². The van der Waals surface area contributed by atoms with Gasteiger partial charge in [-0.05, 0) is 30.5 Å². The molecule has 0 bridgehead atoms. The smallest absolute Gasteiger partial charge is 0.257 e. The molecule has 3 N–H and O–H groups in total. The molecule has 2 aromatic rings. The number of benzene rings is 1. The van der Waals surface area contributed by atoms with E-state index in [4.69, 9.17) is 5.73 Å². The van der Waals surface area contributed by atoms with Gasteiger partial charge in [0.15, 0.2) is 0 Å². The largest absolute Gasteiger partial charge is 0.399 e. The SMILES string of the molecule is Cc1ccc(N)cc1C(=O)Nc1nnc(CC(C)C)s1. The van der Waals surface area contributed by atoms with E-state index in [-0.39, 0.29) is 5.91 Å². The van der Waals surface area contributed by atoms with Crippen molar-refractivity contribution in [1.82, 2.24) is 10.2 Å². The average Bonchev–Trinajstić information content (AvgIpc) is 2.78. The number of nitrogen functional groups attached to an aromatic ring is 1. The Morgan fingerprint density at radius 1 is 1.40 bits per heavy atom. The van der Waals surface area contributed by atoms with E-state index in [9.17, 15) is 4.79 Å². The van der Waals surface area contributed by atoms with Crippen molar-refractivity contribution in [2.45, 2.75) is 27.2 Å². The zero-order valence-electron chi connectivity index (χ0n) is 11.8. The van der Waals surface area contributed by atoms with Gasteiger partial charge in [0, 0.05) is 17.7 Å². The first-order valence-electron chi connectivity index (χ1n) is 6.45. The fourth-order valence-electron chi connectivity index (χ4n) is 1.78. The van der Waals surface area contributed by atoms with E-state index in [2.05, 4.69) is 29.4 Å². The molecule has 0 saturated carbocycles. The first-order valence-corrected chi connectivity index (χ1v) is 7.27. The van der Waals surface area contributed by atoms with Crippen molar-refractivity contribution in [1.29, 1.82) is 0 Å². The zero-order valence-corrected chi connectivity index (χ0v) is 12.6. The van der Waals surface area contributed by atoms with Crippen LogP contribution in [0.15, 0.2) is 18.2 Å². The molecular formula is C14H18N4OS. The third kappa shape index (κ3) is 3.54. The number of anilines is 2. The molecule has 0 atom stereocenters. The maximum Gasteiger partial charge on any atom is 0.257 e. The minimum atomic E-state index is -0.206. The maximum atomic E-state index is 12.2. The molecule has 0 saturated heterocycles. The van der Waals surface area contributed by atoms with Gasteiger partial charge in [-0.15, -0.1) is 10.2 Å². The number of amides is 1. The molecule has 5 nitrogen and oxygen atoms in total. The minimum absolute atomic E-state index is 0.206. The molecule has 1 amide bonds. The van der Waals surface area contributed by atoms with Gasteiger partial charge in [-0.2, -0.15) is 0 Å². The van der Waals surface area contributed by atoms with Gasteiger partial charge in [-0.3, -0.25) is 10.1 Å². The van der Waals surface area contributed by atoms with Crippen LogP contribution < -0.4 is 11.1 Å². The van der Waals surface area contributed by atoms with E-state index in [1.165, 1.54) is 11.3 Å². The summed E-state index contributed by atoms with van der Waals surface area (Å²) in [5.74, 6) is 0.310. The molecule has 0 aliphatic heterocycles. The number of aromatic nitrogens is 2. The van der Waals surface area contributed by atoms with Gasteiger partial charge in [-0.25, -0.2) is 0 Å². The van der Waals surface area contributed by atoms with Gasteiger partial charge < -0.3 is 5.73 Å². The quantitative estimate of drug-likeness (QED) is 0.848. The van der Waals surface area contributed by atoms with Crippen LogP contribution in [0, 0.1) is 12.8 Å². The predicted molar refractivity (Wildman–Crippen MR) is 82.0 cm³/mol. The van der Waals surface area contributed by atoms with E-state index in [0.29, 0.717) is 22.3 Å². The van der Waals surface area contributed by atoms with E-state index < -0.39 is 0 Å². The fraction of sp³-hybridized carbons (Fsp3) is 0.357. The van der Waals surface area contributed by atoms with Gasteiger partial charge in [0.05, 0.1) is 0 Å². The lowest BCUT2D eigenvalue weighted by atomic mass is 10.1. The highest BCUT2D eigenvalue weighted by Gasteiger charge is 2.13. The summed E-state index contributed by atoms with van der Waals surface area (Å²) in [6.07, 6.45) is 0.866. The van der Waals surface area contributed by atoms with E-state index in [0.717, 1.165) is 17.0 Å². The van der Waals surface area contributed by atoms with Gasteiger partial charge in [-0.1, -0.05) is 31.3 Å². The molecule has 0 aliphatic carbocycles.